The van der Waals surface area contributed by atoms with Crippen molar-refractivity contribution in [2.75, 3.05) is 11.4 Å². The van der Waals surface area contributed by atoms with Gasteiger partial charge in [-0.3, -0.25) is 4.79 Å². The monoisotopic (exact) mass is 271 g/mol. The van der Waals surface area contributed by atoms with Crippen LogP contribution in [0.25, 0.3) is 11.3 Å². The summed E-state index contributed by atoms with van der Waals surface area (Å²) in [6.07, 6.45) is 2.70. The van der Waals surface area contributed by atoms with Crippen molar-refractivity contribution < 1.29 is 9.32 Å². The van der Waals surface area contributed by atoms with Gasteiger partial charge in [0.05, 0.1) is 6.54 Å². The molecule has 3 rings (SSSR count). The van der Waals surface area contributed by atoms with Crippen molar-refractivity contribution in [3.05, 3.63) is 36.1 Å². The lowest BCUT2D eigenvalue weighted by molar-refractivity contribution is -0.119. The summed E-state index contributed by atoms with van der Waals surface area (Å²) in [6, 6.07) is 9.65. The van der Waals surface area contributed by atoms with Crippen LogP contribution < -0.4 is 10.6 Å². The number of nitrogens with zero attached hydrogens (tertiary/aromatic N) is 2. The SMILES string of the molecule is NCc1cc(-c2ccc(N3CCCCC3=O)cc2)no1. The Hall–Kier alpha value is -2.14. The number of piperidine rings is 1. The van der Waals surface area contributed by atoms with Gasteiger partial charge in [0.1, 0.15) is 5.69 Å². The molecule has 0 radical (unpaired) electrons. The van der Waals surface area contributed by atoms with Crippen molar-refractivity contribution in [3.8, 4) is 11.3 Å². The highest BCUT2D eigenvalue weighted by Crippen LogP contribution is 2.25. The zero-order valence-corrected chi connectivity index (χ0v) is 11.2. The average Bonchev–Trinajstić information content (AvgIpc) is 2.97. The molecule has 0 spiro atoms. The molecule has 1 saturated heterocycles. The Balaban J connectivity index is 1.82. The number of carbonyl (C=O) groups excluding carboxylic acids is 1. The molecule has 1 aromatic heterocycles. The van der Waals surface area contributed by atoms with Crippen molar-refractivity contribution in [1.29, 1.82) is 0 Å². The largest absolute Gasteiger partial charge is 0.359 e. The highest BCUT2D eigenvalue weighted by molar-refractivity contribution is 5.94. The van der Waals surface area contributed by atoms with E-state index in [1.54, 1.807) is 0 Å². The van der Waals surface area contributed by atoms with Crippen LogP contribution in [0.1, 0.15) is 25.0 Å². The first-order chi connectivity index (χ1) is 9.78. The van der Waals surface area contributed by atoms with Crippen molar-refractivity contribution in [2.45, 2.75) is 25.8 Å². The minimum absolute atomic E-state index is 0.204. The predicted molar refractivity (Wildman–Crippen MR) is 76.0 cm³/mol. The highest BCUT2D eigenvalue weighted by atomic mass is 16.5. The zero-order valence-electron chi connectivity index (χ0n) is 11.2. The Bertz CT molecular complexity index is 604. The van der Waals surface area contributed by atoms with Gasteiger partial charge in [-0.1, -0.05) is 17.3 Å². The molecule has 1 amide bonds. The third-order valence-corrected chi connectivity index (χ3v) is 3.56. The maximum atomic E-state index is 11.9. The molecule has 2 heterocycles. The molecule has 0 unspecified atom stereocenters. The smallest absolute Gasteiger partial charge is 0.226 e. The first-order valence-electron chi connectivity index (χ1n) is 6.84. The summed E-state index contributed by atoms with van der Waals surface area (Å²) in [4.78, 5) is 13.7. The van der Waals surface area contributed by atoms with Crippen LogP contribution >= 0.6 is 0 Å². The minimum atomic E-state index is 0.204. The second-order valence-electron chi connectivity index (χ2n) is 4.93. The van der Waals surface area contributed by atoms with Gasteiger partial charge in [-0.2, -0.15) is 0 Å². The predicted octanol–water partition coefficient (Wildman–Crippen LogP) is 2.32. The highest BCUT2D eigenvalue weighted by Gasteiger charge is 2.19. The molecule has 20 heavy (non-hydrogen) atoms. The lowest BCUT2D eigenvalue weighted by atomic mass is 10.1. The molecule has 0 aliphatic carbocycles. The molecular weight excluding hydrogens is 254 g/mol. The van der Waals surface area contributed by atoms with Crippen LogP contribution in [0.4, 0.5) is 5.69 Å². The summed E-state index contributed by atoms with van der Waals surface area (Å²) in [5.74, 6) is 0.867. The fourth-order valence-electron chi connectivity index (χ4n) is 2.44. The van der Waals surface area contributed by atoms with Crippen LogP contribution in [0, 0.1) is 0 Å². The lowest BCUT2D eigenvalue weighted by Crippen LogP contribution is -2.35. The normalized spacial score (nSPS) is 15.7. The van der Waals surface area contributed by atoms with Crippen LogP contribution in [0.15, 0.2) is 34.9 Å². The number of hydrogen-bond acceptors (Lipinski definition) is 4. The van der Waals surface area contributed by atoms with Gasteiger partial charge >= 0.3 is 0 Å². The molecule has 1 aliphatic heterocycles. The van der Waals surface area contributed by atoms with E-state index in [-0.39, 0.29) is 5.91 Å². The number of amides is 1. The second-order valence-corrected chi connectivity index (χ2v) is 4.93. The van der Waals surface area contributed by atoms with Crippen molar-refractivity contribution in [3.63, 3.8) is 0 Å². The molecule has 5 nitrogen and oxygen atoms in total. The quantitative estimate of drug-likeness (QED) is 0.929. The van der Waals surface area contributed by atoms with Gasteiger partial charge in [-0.05, 0) is 25.0 Å². The van der Waals surface area contributed by atoms with Crippen LogP contribution in [-0.4, -0.2) is 17.6 Å². The summed E-state index contributed by atoms with van der Waals surface area (Å²) in [5.41, 5.74) is 8.17. The van der Waals surface area contributed by atoms with Gasteiger partial charge in [0, 0.05) is 30.3 Å². The average molecular weight is 271 g/mol. The van der Waals surface area contributed by atoms with Gasteiger partial charge in [0.25, 0.3) is 0 Å². The first-order valence-corrected chi connectivity index (χ1v) is 6.84. The van der Waals surface area contributed by atoms with E-state index < -0.39 is 0 Å². The van der Waals surface area contributed by atoms with Crippen LogP contribution in [-0.2, 0) is 11.3 Å². The standard InChI is InChI=1S/C15H17N3O2/c16-10-13-9-14(17-20-13)11-4-6-12(7-5-11)18-8-2-1-3-15(18)19/h4-7,9H,1-3,8,10,16H2. The Kier molecular flexibility index (Phi) is 3.52. The fraction of sp³-hybridized carbons (Fsp3) is 0.333. The maximum Gasteiger partial charge on any atom is 0.226 e. The molecule has 104 valence electrons. The topological polar surface area (TPSA) is 72.4 Å². The van der Waals surface area contributed by atoms with Crippen molar-refractivity contribution >= 4 is 11.6 Å². The number of carbonyl (C=O) groups is 1. The number of nitrogens with two attached hydrogens (primary N) is 1. The summed E-state index contributed by atoms with van der Waals surface area (Å²) < 4.78 is 5.09. The Morgan fingerprint density at radius 3 is 2.70 bits per heavy atom. The number of aromatic nitrogens is 1. The van der Waals surface area contributed by atoms with Crippen molar-refractivity contribution in [2.24, 2.45) is 5.73 Å². The summed E-state index contributed by atoms with van der Waals surface area (Å²) >= 11 is 0. The minimum Gasteiger partial charge on any atom is -0.359 e. The Labute approximate surface area is 117 Å². The van der Waals surface area contributed by atoms with Gasteiger partial charge in [0.2, 0.25) is 5.91 Å². The lowest BCUT2D eigenvalue weighted by Gasteiger charge is -2.26. The van der Waals surface area contributed by atoms with Gasteiger partial charge in [0.15, 0.2) is 5.76 Å². The molecule has 1 aromatic carbocycles. The van der Waals surface area contributed by atoms with E-state index in [9.17, 15) is 4.79 Å². The van der Waals surface area contributed by atoms with Gasteiger partial charge in [-0.15, -0.1) is 0 Å². The summed E-state index contributed by atoms with van der Waals surface area (Å²) in [6.45, 7) is 1.15. The van der Waals surface area contributed by atoms with E-state index in [1.807, 2.05) is 35.2 Å². The second kappa shape index (κ2) is 5.46. The molecule has 0 atom stereocenters. The third kappa shape index (κ3) is 2.44. The number of rotatable bonds is 3. The van der Waals surface area contributed by atoms with Crippen LogP contribution in [0.3, 0.4) is 0 Å². The van der Waals surface area contributed by atoms with Crippen LogP contribution in [0.5, 0.6) is 0 Å². The molecule has 1 fully saturated rings. The molecule has 0 saturated carbocycles. The Morgan fingerprint density at radius 1 is 1.25 bits per heavy atom. The molecule has 1 aliphatic rings. The van der Waals surface area contributed by atoms with E-state index >= 15 is 0 Å². The summed E-state index contributed by atoms with van der Waals surface area (Å²) in [7, 11) is 0. The molecule has 2 N–H and O–H groups in total. The van der Waals surface area contributed by atoms with E-state index in [2.05, 4.69) is 5.16 Å². The van der Waals surface area contributed by atoms with Gasteiger partial charge < -0.3 is 15.2 Å². The van der Waals surface area contributed by atoms with Gasteiger partial charge in [-0.25, -0.2) is 0 Å². The van der Waals surface area contributed by atoms with E-state index in [0.29, 0.717) is 18.7 Å². The number of hydrogen-bond donors (Lipinski definition) is 1. The summed E-state index contributed by atoms with van der Waals surface area (Å²) in [5, 5.41) is 3.98. The number of anilines is 1. The maximum absolute atomic E-state index is 11.9. The van der Waals surface area contributed by atoms with E-state index in [0.717, 1.165) is 36.3 Å². The van der Waals surface area contributed by atoms with Crippen LogP contribution in [0.2, 0.25) is 0 Å². The molecular formula is C15H17N3O2. The van der Waals surface area contributed by atoms with E-state index in [4.69, 9.17) is 10.3 Å². The molecule has 5 heteroatoms. The third-order valence-electron chi connectivity index (χ3n) is 3.56. The fourth-order valence-corrected chi connectivity index (χ4v) is 2.44. The van der Waals surface area contributed by atoms with Crippen molar-refractivity contribution in [1.82, 2.24) is 5.16 Å². The molecule has 0 bridgehead atoms. The first kappa shape index (κ1) is 12.9. The Morgan fingerprint density at radius 2 is 2.05 bits per heavy atom. The molecule has 2 aromatic rings. The number of benzene rings is 1. The zero-order chi connectivity index (χ0) is 13.9. The van der Waals surface area contributed by atoms with E-state index in [1.165, 1.54) is 0 Å².